The van der Waals surface area contributed by atoms with Crippen molar-refractivity contribution in [3.8, 4) is 22.4 Å². The van der Waals surface area contributed by atoms with E-state index in [0.717, 1.165) is 34.0 Å². The lowest BCUT2D eigenvalue weighted by molar-refractivity contribution is 0.768. The monoisotopic (exact) mass is 397 g/mol. The fourth-order valence-corrected chi connectivity index (χ4v) is 3.65. The van der Waals surface area contributed by atoms with Crippen LogP contribution in [0.15, 0.2) is 60.9 Å². The summed E-state index contributed by atoms with van der Waals surface area (Å²) in [5.41, 5.74) is 7.99. The van der Waals surface area contributed by atoms with Crippen molar-refractivity contribution in [2.24, 2.45) is 7.05 Å². The normalized spacial score (nSPS) is 12.0. The molecule has 2 heterocycles. The van der Waals surface area contributed by atoms with Crippen LogP contribution >= 0.6 is 0 Å². The van der Waals surface area contributed by atoms with Gasteiger partial charge in [0.2, 0.25) is 0 Å². The molecule has 0 bridgehead atoms. The summed E-state index contributed by atoms with van der Waals surface area (Å²) in [5.74, 6) is 1.59. The van der Waals surface area contributed by atoms with Crippen molar-refractivity contribution in [3.05, 3.63) is 83.4 Å². The fourth-order valence-electron chi connectivity index (χ4n) is 3.65. The molecule has 0 fully saturated rings. The maximum atomic E-state index is 4.68. The van der Waals surface area contributed by atoms with Crippen LogP contribution in [0.5, 0.6) is 0 Å². The third-order valence-corrected chi connectivity index (χ3v) is 5.30. The van der Waals surface area contributed by atoms with Crippen LogP contribution in [0.4, 0.5) is 5.82 Å². The largest absolute Gasteiger partial charge is 0.363 e. The second kappa shape index (κ2) is 8.11. The van der Waals surface area contributed by atoms with E-state index >= 15 is 0 Å². The molecule has 1 N–H and O–H groups in total. The highest BCUT2D eigenvalue weighted by Crippen LogP contribution is 2.28. The van der Waals surface area contributed by atoms with E-state index in [1.165, 1.54) is 16.7 Å². The molecule has 0 aliphatic carbocycles. The molecular formula is C25H27N5. The van der Waals surface area contributed by atoms with Crippen LogP contribution in [0.25, 0.3) is 22.4 Å². The van der Waals surface area contributed by atoms with Crippen LogP contribution in [0, 0.1) is 20.8 Å². The highest BCUT2D eigenvalue weighted by Gasteiger charge is 2.12. The predicted octanol–water partition coefficient (Wildman–Crippen LogP) is 5.64. The van der Waals surface area contributed by atoms with E-state index in [4.69, 9.17) is 0 Å². The van der Waals surface area contributed by atoms with Crippen molar-refractivity contribution in [3.63, 3.8) is 0 Å². The summed E-state index contributed by atoms with van der Waals surface area (Å²) in [7, 11) is 1.93. The first kappa shape index (κ1) is 19.8. The molecule has 1 atom stereocenters. The van der Waals surface area contributed by atoms with Crippen molar-refractivity contribution in [1.29, 1.82) is 0 Å². The second-order valence-electron chi connectivity index (χ2n) is 7.90. The maximum absolute atomic E-state index is 4.68. The Morgan fingerprint density at radius 3 is 2.53 bits per heavy atom. The average molecular weight is 398 g/mol. The number of aryl methyl sites for hydroxylation is 4. The fraction of sp³-hybridized carbons (Fsp3) is 0.240. The molecule has 0 radical (unpaired) electrons. The summed E-state index contributed by atoms with van der Waals surface area (Å²) in [6, 6.07) is 17.1. The van der Waals surface area contributed by atoms with E-state index in [1.54, 1.807) is 0 Å². The summed E-state index contributed by atoms with van der Waals surface area (Å²) in [6.07, 6.45) is 3.92. The Bertz CT molecular complexity index is 1190. The van der Waals surface area contributed by atoms with Crippen LogP contribution in [0.1, 0.15) is 35.5 Å². The lowest BCUT2D eigenvalue weighted by atomic mass is 10.0. The van der Waals surface area contributed by atoms with E-state index in [2.05, 4.69) is 83.6 Å². The first-order valence-corrected chi connectivity index (χ1v) is 10.2. The van der Waals surface area contributed by atoms with Gasteiger partial charge in [0, 0.05) is 36.5 Å². The van der Waals surface area contributed by atoms with Gasteiger partial charge >= 0.3 is 0 Å². The summed E-state index contributed by atoms with van der Waals surface area (Å²) in [5, 5.41) is 7.84. The number of anilines is 1. The number of benzene rings is 2. The van der Waals surface area contributed by atoms with Gasteiger partial charge in [0.1, 0.15) is 11.6 Å². The number of nitrogens with one attached hydrogen (secondary N) is 1. The number of rotatable bonds is 5. The zero-order valence-electron chi connectivity index (χ0n) is 18.1. The summed E-state index contributed by atoms with van der Waals surface area (Å²) in [6.45, 7) is 8.31. The van der Waals surface area contributed by atoms with Gasteiger partial charge in [-0.05, 0) is 56.5 Å². The molecule has 1 unspecified atom stereocenters. The van der Waals surface area contributed by atoms with Crippen LogP contribution < -0.4 is 5.32 Å². The molecule has 5 nitrogen and oxygen atoms in total. The lowest BCUT2D eigenvalue weighted by Crippen LogP contribution is -2.09. The molecule has 30 heavy (non-hydrogen) atoms. The number of nitrogens with zero attached hydrogens (tertiary/aromatic N) is 4. The SMILES string of the molecule is Cc1ccc(C)c(-c2cc(NC(C)c3cccc(-c4cnn(C)c4)c3)nc(C)n2)c1. The third kappa shape index (κ3) is 4.25. The summed E-state index contributed by atoms with van der Waals surface area (Å²) in [4.78, 5) is 9.31. The molecule has 152 valence electrons. The molecule has 0 aliphatic heterocycles. The Hall–Kier alpha value is -3.47. The van der Waals surface area contributed by atoms with Gasteiger partial charge in [-0.15, -0.1) is 0 Å². The van der Waals surface area contributed by atoms with E-state index in [1.807, 2.05) is 37.1 Å². The minimum atomic E-state index is 0.0994. The van der Waals surface area contributed by atoms with Gasteiger partial charge in [0.05, 0.1) is 11.9 Å². The van der Waals surface area contributed by atoms with Crippen LogP contribution in [-0.2, 0) is 7.05 Å². The maximum Gasteiger partial charge on any atom is 0.130 e. The lowest BCUT2D eigenvalue weighted by Gasteiger charge is -2.17. The zero-order valence-corrected chi connectivity index (χ0v) is 18.1. The molecule has 0 spiro atoms. The first-order chi connectivity index (χ1) is 14.4. The van der Waals surface area contributed by atoms with Gasteiger partial charge in [-0.3, -0.25) is 4.68 Å². The van der Waals surface area contributed by atoms with Gasteiger partial charge in [-0.2, -0.15) is 5.10 Å². The van der Waals surface area contributed by atoms with E-state index in [9.17, 15) is 0 Å². The minimum Gasteiger partial charge on any atom is -0.363 e. The van der Waals surface area contributed by atoms with Crippen molar-refractivity contribution in [1.82, 2.24) is 19.7 Å². The van der Waals surface area contributed by atoms with Gasteiger partial charge < -0.3 is 5.32 Å². The number of hydrogen-bond acceptors (Lipinski definition) is 4. The minimum absolute atomic E-state index is 0.0994. The van der Waals surface area contributed by atoms with Crippen LogP contribution in [0.2, 0.25) is 0 Å². The smallest absolute Gasteiger partial charge is 0.130 e. The second-order valence-corrected chi connectivity index (χ2v) is 7.90. The molecule has 2 aromatic carbocycles. The van der Waals surface area contributed by atoms with E-state index < -0.39 is 0 Å². The van der Waals surface area contributed by atoms with Gasteiger partial charge in [0.15, 0.2) is 0 Å². The molecule has 2 aromatic heterocycles. The molecule has 4 aromatic rings. The highest BCUT2D eigenvalue weighted by molar-refractivity contribution is 5.67. The standard InChI is InChI=1S/C25H27N5/c1-16-9-10-17(2)23(11-16)24-13-25(29-19(4)28-24)27-18(3)20-7-6-8-21(12-20)22-14-26-30(5)15-22/h6-15,18H,1-5H3,(H,27,28,29). The molecular weight excluding hydrogens is 370 g/mol. The zero-order chi connectivity index (χ0) is 21.3. The van der Waals surface area contributed by atoms with E-state index in [-0.39, 0.29) is 6.04 Å². The predicted molar refractivity (Wildman–Crippen MR) is 122 cm³/mol. The number of hydrogen-bond donors (Lipinski definition) is 1. The molecule has 0 aliphatic rings. The molecule has 0 saturated heterocycles. The molecule has 4 rings (SSSR count). The van der Waals surface area contributed by atoms with Gasteiger partial charge in [-0.25, -0.2) is 9.97 Å². The summed E-state index contributed by atoms with van der Waals surface area (Å²) >= 11 is 0. The van der Waals surface area contributed by atoms with Crippen molar-refractivity contribution in [2.45, 2.75) is 33.7 Å². The summed E-state index contributed by atoms with van der Waals surface area (Å²) < 4.78 is 1.82. The Balaban J connectivity index is 1.62. The van der Waals surface area contributed by atoms with Crippen LogP contribution in [-0.4, -0.2) is 19.7 Å². The van der Waals surface area contributed by atoms with Gasteiger partial charge in [0.25, 0.3) is 0 Å². The van der Waals surface area contributed by atoms with Crippen molar-refractivity contribution < 1.29 is 0 Å². The molecule has 0 saturated carbocycles. The quantitative estimate of drug-likeness (QED) is 0.473. The Kier molecular flexibility index (Phi) is 5.36. The molecule has 5 heteroatoms. The third-order valence-electron chi connectivity index (χ3n) is 5.30. The topological polar surface area (TPSA) is 55.6 Å². The highest BCUT2D eigenvalue weighted by atomic mass is 15.2. The number of aromatic nitrogens is 4. The Morgan fingerprint density at radius 2 is 1.77 bits per heavy atom. The average Bonchev–Trinajstić information content (AvgIpc) is 3.16. The van der Waals surface area contributed by atoms with E-state index in [0.29, 0.717) is 0 Å². The van der Waals surface area contributed by atoms with Gasteiger partial charge in [-0.1, -0.05) is 35.9 Å². The Morgan fingerprint density at radius 1 is 0.933 bits per heavy atom. The molecule has 0 amide bonds. The van der Waals surface area contributed by atoms with Crippen molar-refractivity contribution >= 4 is 5.82 Å². The van der Waals surface area contributed by atoms with Crippen molar-refractivity contribution in [2.75, 3.05) is 5.32 Å². The Labute approximate surface area is 177 Å². The van der Waals surface area contributed by atoms with Crippen LogP contribution in [0.3, 0.4) is 0 Å². The first-order valence-electron chi connectivity index (χ1n) is 10.2.